The number of carbonyl (C=O) groups is 2. The molecule has 0 aliphatic carbocycles. The first-order chi connectivity index (χ1) is 13.5. The van der Waals surface area contributed by atoms with Crippen molar-refractivity contribution in [2.45, 2.75) is 97.3 Å². The van der Waals surface area contributed by atoms with Crippen LogP contribution in [0.1, 0.15) is 97.3 Å². The zero-order valence-corrected chi connectivity index (χ0v) is 18.0. The van der Waals surface area contributed by atoms with Crippen molar-refractivity contribution >= 4 is 11.9 Å². The maximum Gasteiger partial charge on any atom is 0.309 e. The van der Waals surface area contributed by atoms with Crippen LogP contribution in [0, 0.1) is 5.41 Å². The summed E-state index contributed by atoms with van der Waals surface area (Å²) < 4.78 is 11.3. The second-order valence-electron chi connectivity index (χ2n) is 7.68. The minimum absolute atomic E-state index is 0.212. The van der Waals surface area contributed by atoms with Crippen molar-refractivity contribution in [3.8, 4) is 0 Å². The fourth-order valence-electron chi connectivity index (χ4n) is 3.20. The maximum absolute atomic E-state index is 12.1. The maximum atomic E-state index is 12.1. The summed E-state index contributed by atoms with van der Waals surface area (Å²) in [6.07, 6.45) is 10.3. The lowest BCUT2D eigenvalue weighted by Crippen LogP contribution is -2.34. The Hall–Kier alpha value is -1.14. The van der Waals surface area contributed by atoms with Crippen molar-refractivity contribution in [1.82, 2.24) is 0 Å². The van der Waals surface area contributed by atoms with E-state index in [4.69, 9.17) is 14.6 Å². The molecule has 0 radical (unpaired) electrons. The molecule has 0 aromatic carbocycles. The van der Waals surface area contributed by atoms with Gasteiger partial charge in [0, 0.05) is 32.8 Å². The summed E-state index contributed by atoms with van der Waals surface area (Å²) in [6, 6.07) is 0. The van der Waals surface area contributed by atoms with E-state index in [9.17, 15) is 14.7 Å². The molecule has 0 saturated heterocycles. The lowest BCUT2D eigenvalue weighted by Gasteiger charge is -2.29. The second kappa shape index (κ2) is 17.9. The van der Waals surface area contributed by atoms with E-state index in [2.05, 4.69) is 13.8 Å². The number of rotatable bonds is 21. The van der Waals surface area contributed by atoms with E-state index in [1.807, 2.05) is 0 Å². The van der Waals surface area contributed by atoms with Gasteiger partial charge >= 0.3 is 11.9 Å². The van der Waals surface area contributed by atoms with Gasteiger partial charge in [0.05, 0.1) is 5.41 Å². The molecule has 0 aliphatic rings. The number of hydrogen-bond donors (Lipinski definition) is 2. The van der Waals surface area contributed by atoms with E-state index in [0.717, 1.165) is 51.4 Å². The summed E-state index contributed by atoms with van der Waals surface area (Å²) in [5.41, 5.74) is -0.792. The van der Waals surface area contributed by atoms with Crippen LogP contribution in [0.2, 0.25) is 0 Å². The van der Waals surface area contributed by atoms with Gasteiger partial charge in [0.2, 0.25) is 0 Å². The Kier molecular flexibility index (Phi) is 17.2. The highest BCUT2D eigenvalue weighted by Gasteiger charge is 2.37. The van der Waals surface area contributed by atoms with Crippen molar-refractivity contribution in [2.24, 2.45) is 5.41 Å². The standard InChI is InChI=1S/C22H42O6/c1-3-5-16-27-18-14-22(21(25)26,15-19-28-17-6-4-2)13-11-9-7-8-10-12-20(23)24/h3-19H2,1-2H3,(H,23,24)(H,25,26). The molecule has 0 aromatic rings. The number of carboxylic acid groups (broad SMARTS) is 2. The molecular weight excluding hydrogens is 360 g/mol. The van der Waals surface area contributed by atoms with Gasteiger partial charge in [-0.15, -0.1) is 0 Å². The number of hydrogen-bond acceptors (Lipinski definition) is 4. The van der Waals surface area contributed by atoms with Gasteiger partial charge in [0.15, 0.2) is 0 Å². The van der Waals surface area contributed by atoms with E-state index in [-0.39, 0.29) is 6.42 Å². The van der Waals surface area contributed by atoms with Crippen LogP contribution in [0.15, 0.2) is 0 Å². The van der Waals surface area contributed by atoms with Crippen LogP contribution in [-0.4, -0.2) is 48.6 Å². The molecule has 166 valence electrons. The smallest absolute Gasteiger partial charge is 0.309 e. The average molecular weight is 403 g/mol. The summed E-state index contributed by atoms with van der Waals surface area (Å²) >= 11 is 0. The lowest BCUT2D eigenvalue weighted by atomic mass is 9.77. The van der Waals surface area contributed by atoms with Crippen molar-refractivity contribution < 1.29 is 29.3 Å². The molecule has 0 fully saturated rings. The molecule has 0 spiro atoms. The molecule has 0 bridgehead atoms. The molecule has 0 heterocycles. The van der Waals surface area contributed by atoms with Gasteiger partial charge in [0.1, 0.15) is 0 Å². The first-order valence-electron chi connectivity index (χ1n) is 11.1. The topological polar surface area (TPSA) is 93.1 Å². The Balaban J connectivity index is 4.46. The van der Waals surface area contributed by atoms with Gasteiger partial charge < -0.3 is 19.7 Å². The van der Waals surface area contributed by atoms with Crippen LogP contribution >= 0.6 is 0 Å². The first-order valence-corrected chi connectivity index (χ1v) is 11.1. The zero-order chi connectivity index (χ0) is 21.1. The minimum Gasteiger partial charge on any atom is -0.481 e. The summed E-state index contributed by atoms with van der Waals surface area (Å²) in [5.74, 6) is -1.51. The van der Waals surface area contributed by atoms with Crippen molar-refractivity contribution in [1.29, 1.82) is 0 Å². The molecule has 6 heteroatoms. The third-order valence-electron chi connectivity index (χ3n) is 5.23. The van der Waals surface area contributed by atoms with Gasteiger partial charge in [-0.05, 0) is 38.5 Å². The summed E-state index contributed by atoms with van der Waals surface area (Å²) in [6.45, 7) is 6.52. The van der Waals surface area contributed by atoms with E-state index in [1.54, 1.807) is 0 Å². The van der Waals surface area contributed by atoms with Crippen LogP contribution in [0.5, 0.6) is 0 Å². The molecule has 0 amide bonds. The van der Waals surface area contributed by atoms with Gasteiger partial charge in [-0.1, -0.05) is 52.4 Å². The molecule has 0 unspecified atom stereocenters. The predicted octanol–water partition coefficient (Wildman–Crippen LogP) is 5.29. The predicted molar refractivity (Wildman–Crippen MR) is 111 cm³/mol. The molecule has 0 saturated carbocycles. The molecule has 2 N–H and O–H groups in total. The van der Waals surface area contributed by atoms with Gasteiger partial charge in [-0.25, -0.2) is 0 Å². The normalized spacial score (nSPS) is 11.6. The van der Waals surface area contributed by atoms with Gasteiger partial charge in [-0.2, -0.15) is 0 Å². The van der Waals surface area contributed by atoms with E-state index < -0.39 is 17.4 Å². The molecule has 28 heavy (non-hydrogen) atoms. The molecule has 0 rings (SSSR count). The third kappa shape index (κ3) is 13.9. The average Bonchev–Trinajstić information content (AvgIpc) is 2.65. The van der Waals surface area contributed by atoms with Crippen LogP contribution in [-0.2, 0) is 19.1 Å². The highest BCUT2D eigenvalue weighted by Crippen LogP contribution is 2.34. The SMILES string of the molecule is CCCCOCCC(CCCCCCCC(=O)O)(CCOCCCC)C(=O)O. The number of carboxylic acids is 2. The summed E-state index contributed by atoms with van der Waals surface area (Å²) in [5, 5.41) is 18.6. The molecule has 0 atom stereocenters. The first kappa shape index (κ1) is 26.9. The molecule has 6 nitrogen and oxygen atoms in total. The Bertz CT molecular complexity index is 382. The van der Waals surface area contributed by atoms with Crippen LogP contribution in [0.3, 0.4) is 0 Å². The van der Waals surface area contributed by atoms with Crippen molar-refractivity contribution in [2.75, 3.05) is 26.4 Å². The van der Waals surface area contributed by atoms with Crippen molar-refractivity contribution in [3.05, 3.63) is 0 Å². The Morgan fingerprint density at radius 3 is 1.64 bits per heavy atom. The van der Waals surface area contributed by atoms with Gasteiger partial charge in [0.25, 0.3) is 0 Å². The fraction of sp³-hybridized carbons (Fsp3) is 0.909. The zero-order valence-electron chi connectivity index (χ0n) is 18.0. The van der Waals surface area contributed by atoms with Crippen LogP contribution in [0.4, 0.5) is 0 Å². The quantitative estimate of drug-likeness (QED) is 0.254. The Labute approximate surface area is 171 Å². The third-order valence-corrected chi connectivity index (χ3v) is 5.23. The molecule has 0 aliphatic heterocycles. The largest absolute Gasteiger partial charge is 0.481 e. The highest BCUT2D eigenvalue weighted by molar-refractivity contribution is 5.74. The Morgan fingerprint density at radius 2 is 1.18 bits per heavy atom. The monoisotopic (exact) mass is 402 g/mol. The number of unbranched alkanes of at least 4 members (excludes halogenated alkanes) is 6. The summed E-state index contributed by atoms with van der Waals surface area (Å²) in [7, 11) is 0. The molecular formula is C22H42O6. The second-order valence-corrected chi connectivity index (χ2v) is 7.68. The highest BCUT2D eigenvalue weighted by atomic mass is 16.5. The minimum atomic E-state index is -0.792. The van der Waals surface area contributed by atoms with Crippen molar-refractivity contribution in [3.63, 3.8) is 0 Å². The molecule has 0 aromatic heterocycles. The summed E-state index contributed by atoms with van der Waals surface area (Å²) in [4.78, 5) is 22.7. The number of ether oxygens (including phenoxy) is 2. The fourth-order valence-corrected chi connectivity index (χ4v) is 3.20. The lowest BCUT2D eigenvalue weighted by molar-refractivity contribution is -0.152. The van der Waals surface area contributed by atoms with E-state index >= 15 is 0 Å². The van der Waals surface area contributed by atoms with Gasteiger partial charge in [-0.3, -0.25) is 9.59 Å². The van der Waals surface area contributed by atoms with Crippen LogP contribution < -0.4 is 0 Å². The van der Waals surface area contributed by atoms with E-state index in [0.29, 0.717) is 52.1 Å². The van der Waals surface area contributed by atoms with E-state index in [1.165, 1.54) is 0 Å². The number of aliphatic carboxylic acids is 2. The Morgan fingerprint density at radius 1 is 0.679 bits per heavy atom. The van der Waals surface area contributed by atoms with Crippen LogP contribution in [0.25, 0.3) is 0 Å².